The van der Waals surface area contributed by atoms with Crippen molar-refractivity contribution < 1.29 is 6.21 Å². The number of nitrogens with one attached hydrogen (secondary N) is 1. The van der Waals surface area contributed by atoms with E-state index in [0.29, 0.717) is 6.42 Å². The Hall–Kier alpha value is -3.49. The average Bonchev–Trinajstić information content (AvgIpc) is 2.85. The summed E-state index contributed by atoms with van der Waals surface area (Å²) in [5.74, 6) is 0. The maximum absolute atomic E-state index is 12.3. The lowest BCUT2D eigenvalue weighted by Crippen LogP contribution is -2.51. The van der Waals surface area contributed by atoms with Crippen LogP contribution in [0.2, 0.25) is 1.41 Å². The minimum absolute atomic E-state index is 0.460. The molecule has 4 aromatic rings. The lowest BCUT2D eigenvalue weighted by atomic mass is 9.76. The standard InChI is InChI=1S/C28H25NO/c30-22-27(21-23-13-5-1-6-14-23)29-28(24-15-7-2-8-16-24,25-17-9-3-10-18-25)26-19-11-4-12-20-26/h1-20,22,27,29H,21H2/t27-/m0/s1/i/hT. The fraction of sp³-hybridized carbons (Fsp3) is 0.107. The van der Waals surface area contributed by atoms with Gasteiger partial charge in [0.15, 0.2) is 0 Å². The molecule has 0 aromatic heterocycles. The van der Waals surface area contributed by atoms with Crippen molar-refractivity contribution in [3.63, 3.8) is 0 Å². The van der Waals surface area contributed by atoms with Gasteiger partial charge in [0.1, 0.15) is 7.70 Å². The second-order valence-corrected chi connectivity index (χ2v) is 7.33. The molecule has 0 aliphatic heterocycles. The molecule has 1 N–H and O–H groups in total. The molecular weight excluding hydrogens is 366 g/mol. The van der Waals surface area contributed by atoms with E-state index in [1.54, 1.807) is 0 Å². The van der Waals surface area contributed by atoms with Gasteiger partial charge in [0, 0.05) is 0 Å². The van der Waals surface area contributed by atoms with Crippen molar-refractivity contribution in [2.45, 2.75) is 18.0 Å². The van der Waals surface area contributed by atoms with E-state index in [4.69, 9.17) is 0 Å². The number of aldehydes is 1. The van der Waals surface area contributed by atoms with Crippen molar-refractivity contribution in [3.8, 4) is 0 Å². The van der Waals surface area contributed by atoms with Crippen LogP contribution in [-0.2, 0) is 16.8 Å². The van der Waals surface area contributed by atoms with Gasteiger partial charge in [-0.2, -0.15) is 0 Å². The molecule has 0 unspecified atom stereocenters. The second-order valence-electron chi connectivity index (χ2n) is 7.33. The van der Waals surface area contributed by atoms with Crippen LogP contribution in [0.25, 0.3) is 0 Å². The van der Waals surface area contributed by atoms with Gasteiger partial charge in [-0.1, -0.05) is 121 Å². The topological polar surface area (TPSA) is 29.1 Å². The summed E-state index contributed by atoms with van der Waals surface area (Å²) in [5, 5.41) is 1.48. The first-order valence-electron chi connectivity index (χ1n) is 10.7. The van der Waals surface area contributed by atoms with Crippen LogP contribution in [0, 0.1) is 0 Å². The predicted molar refractivity (Wildman–Crippen MR) is 122 cm³/mol. The third-order valence-corrected chi connectivity index (χ3v) is 5.38. The van der Waals surface area contributed by atoms with Crippen LogP contribution in [0.15, 0.2) is 121 Å². The molecule has 4 aromatic carbocycles. The zero-order valence-electron chi connectivity index (χ0n) is 17.8. The van der Waals surface area contributed by atoms with E-state index in [1.165, 1.54) is 5.31 Å². The summed E-state index contributed by atoms with van der Waals surface area (Å²) in [6.07, 6.45) is 1.35. The van der Waals surface area contributed by atoms with Crippen LogP contribution in [0.4, 0.5) is 0 Å². The van der Waals surface area contributed by atoms with Gasteiger partial charge in [0.2, 0.25) is 0 Å². The SMILES string of the molecule is [3H]N([C@H](C=O)Cc1ccccc1)C(c1ccccc1)(c1ccccc1)c1ccccc1. The smallest absolute Gasteiger partial charge is 0.137 e. The molecule has 0 aliphatic rings. The van der Waals surface area contributed by atoms with Crippen LogP contribution in [0.5, 0.6) is 0 Å². The number of hydrogen-bond acceptors (Lipinski definition) is 2. The molecule has 0 saturated carbocycles. The highest BCUT2D eigenvalue weighted by molar-refractivity contribution is 5.61. The maximum Gasteiger partial charge on any atom is 0.137 e. The Morgan fingerprint density at radius 3 is 1.40 bits per heavy atom. The zero-order chi connectivity index (χ0) is 21.5. The highest BCUT2D eigenvalue weighted by Gasteiger charge is 2.37. The van der Waals surface area contributed by atoms with E-state index in [-0.39, 0.29) is 0 Å². The number of carbonyl (C=O) groups excluding carboxylic acids is 1. The van der Waals surface area contributed by atoms with Gasteiger partial charge in [-0.3, -0.25) is 5.31 Å². The third-order valence-electron chi connectivity index (χ3n) is 5.38. The predicted octanol–water partition coefficient (Wildman–Crippen LogP) is 5.38. The lowest BCUT2D eigenvalue weighted by Gasteiger charge is -2.39. The Labute approximate surface area is 179 Å². The molecule has 0 heterocycles. The molecule has 4 rings (SSSR count). The summed E-state index contributed by atoms with van der Waals surface area (Å²) in [6, 6.07) is 39.3. The lowest BCUT2D eigenvalue weighted by molar-refractivity contribution is -0.109. The monoisotopic (exact) mass is 393 g/mol. The van der Waals surface area contributed by atoms with Crippen molar-refractivity contribution >= 4 is 6.29 Å². The highest BCUT2D eigenvalue weighted by atomic mass is 16.1. The summed E-state index contributed by atoms with van der Waals surface area (Å²) in [5.41, 5.74) is 2.93. The molecule has 0 amide bonds. The minimum Gasteiger partial charge on any atom is -0.302 e. The van der Waals surface area contributed by atoms with E-state index in [9.17, 15) is 6.21 Å². The molecule has 0 fully saturated rings. The van der Waals surface area contributed by atoms with Crippen LogP contribution in [-0.4, -0.2) is 12.3 Å². The van der Waals surface area contributed by atoms with E-state index in [2.05, 4.69) is 0 Å². The highest BCUT2D eigenvalue weighted by Crippen LogP contribution is 2.37. The molecule has 0 saturated heterocycles. The van der Waals surface area contributed by atoms with Gasteiger partial charge in [0.05, 0.1) is 11.6 Å². The average molecular weight is 394 g/mol. The van der Waals surface area contributed by atoms with E-state index in [0.717, 1.165) is 28.5 Å². The van der Waals surface area contributed by atoms with Gasteiger partial charge in [-0.25, -0.2) is 0 Å². The summed E-state index contributed by atoms with van der Waals surface area (Å²) in [4.78, 5) is 12.3. The van der Waals surface area contributed by atoms with E-state index in [1.807, 2.05) is 121 Å². The summed E-state index contributed by atoms with van der Waals surface area (Å²) in [7, 11) is 0. The molecule has 148 valence electrons. The summed E-state index contributed by atoms with van der Waals surface area (Å²) < 4.78 is 9.40. The Morgan fingerprint density at radius 2 is 1.03 bits per heavy atom. The van der Waals surface area contributed by atoms with Crippen LogP contribution in [0.3, 0.4) is 0 Å². The first-order chi connectivity index (χ1) is 15.3. The minimum atomic E-state index is -0.940. The Balaban J connectivity index is 1.94. The summed E-state index contributed by atoms with van der Waals surface area (Å²) in [6.45, 7) is 0. The van der Waals surface area contributed by atoms with Crippen LogP contribution in [0.1, 0.15) is 22.3 Å². The first-order valence-corrected chi connectivity index (χ1v) is 10.2. The molecule has 1 atom stereocenters. The number of carbonyl (C=O) groups is 1. The van der Waals surface area contributed by atoms with Gasteiger partial charge in [-0.05, 0) is 28.7 Å². The van der Waals surface area contributed by atoms with Crippen molar-refractivity contribution in [1.29, 1.82) is 0 Å². The summed E-state index contributed by atoms with van der Waals surface area (Å²) >= 11 is 0. The van der Waals surface area contributed by atoms with Crippen LogP contribution >= 0.6 is 0 Å². The number of hydrogen-bond donors (Lipinski definition) is 1. The first kappa shape index (κ1) is 18.5. The fourth-order valence-corrected chi connectivity index (χ4v) is 3.99. The van der Waals surface area contributed by atoms with Crippen LogP contribution < -0.4 is 5.31 Å². The van der Waals surface area contributed by atoms with Crippen molar-refractivity contribution in [3.05, 3.63) is 144 Å². The third kappa shape index (κ3) is 4.10. The molecule has 0 aliphatic carbocycles. The largest absolute Gasteiger partial charge is 0.302 e. The fourth-order valence-electron chi connectivity index (χ4n) is 3.99. The molecule has 2 nitrogen and oxygen atoms in total. The van der Waals surface area contributed by atoms with Gasteiger partial charge >= 0.3 is 0 Å². The van der Waals surface area contributed by atoms with Crippen molar-refractivity contribution in [2.24, 2.45) is 0 Å². The Kier molecular flexibility index (Phi) is 5.77. The number of rotatable bonds is 8. The maximum atomic E-state index is 12.3. The van der Waals surface area contributed by atoms with Gasteiger partial charge < -0.3 is 4.79 Å². The van der Waals surface area contributed by atoms with E-state index >= 15 is 0 Å². The quantitative estimate of drug-likeness (QED) is 0.322. The normalized spacial score (nSPS) is 12.9. The molecule has 30 heavy (non-hydrogen) atoms. The Morgan fingerprint density at radius 1 is 0.667 bits per heavy atom. The van der Waals surface area contributed by atoms with E-state index < -0.39 is 11.6 Å². The molecular formula is C28H25NO. The Bertz CT molecular complexity index is 988. The van der Waals surface area contributed by atoms with Crippen molar-refractivity contribution in [1.82, 2.24) is 5.31 Å². The molecule has 2 heteroatoms. The van der Waals surface area contributed by atoms with Gasteiger partial charge in [0.25, 0.3) is 0 Å². The molecule has 0 bridgehead atoms. The van der Waals surface area contributed by atoms with Crippen molar-refractivity contribution in [2.75, 3.05) is 0 Å². The zero-order valence-corrected chi connectivity index (χ0v) is 16.8. The second kappa shape index (κ2) is 9.34. The van der Waals surface area contributed by atoms with Gasteiger partial charge in [-0.15, -0.1) is 0 Å². The number of benzene rings is 4. The molecule has 0 spiro atoms. The molecule has 0 radical (unpaired) electrons.